The lowest BCUT2D eigenvalue weighted by Gasteiger charge is -2.45. The average molecular weight is 273 g/mol. The van der Waals surface area contributed by atoms with Gasteiger partial charge in [-0.3, -0.25) is 0 Å². The smallest absolute Gasteiger partial charge is 0.181 e. The maximum atomic E-state index is 14.0. The molecule has 2 heterocycles. The number of halogens is 2. The third-order valence-corrected chi connectivity index (χ3v) is 3.57. The first-order valence-electron chi connectivity index (χ1n) is 5.24. The van der Waals surface area contributed by atoms with Crippen molar-refractivity contribution in [3.63, 3.8) is 0 Å². The SMILES string of the molecule is CC12CC(NC(=S)N1)c1c(ccc(Cl)c1F)O2. The van der Waals surface area contributed by atoms with Crippen LogP contribution in [0.3, 0.4) is 0 Å². The van der Waals surface area contributed by atoms with Gasteiger partial charge in [-0.05, 0) is 31.3 Å². The Bertz CT molecular complexity index is 524. The molecule has 2 aliphatic rings. The molecule has 0 aliphatic carbocycles. The molecule has 3 rings (SSSR count). The Hall–Kier alpha value is -1.07. The van der Waals surface area contributed by atoms with E-state index in [1.807, 2.05) is 6.92 Å². The van der Waals surface area contributed by atoms with E-state index in [4.69, 9.17) is 28.6 Å². The molecule has 0 saturated carbocycles. The molecule has 0 aromatic heterocycles. The van der Waals surface area contributed by atoms with E-state index in [0.29, 0.717) is 22.8 Å². The fraction of sp³-hybridized carbons (Fsp3) is 0.364. The summed E-state index contributed by atoms with van der Waals surface area (Å²) in [5, 5.41) is 6.65. The number of nitrogens with one attached hydrogen (secondary N) is 2. The summed E-state index contributed by atoms with van der Waals surface area (Å²) in [4.78, 5) is 0. The molecule has 2 aliphatic heterocycles. The van der Waals surface area contributed by atoms with Crippen molar-refractivity contribution in [3.8, 4) is 5.75 Å². The molecule has 1 aromatic carbocycles. The number of fused-ring (bicyclic) bond motifs is 4. The van der Waals surface area contributed by atoms with Gasteiger partial charge in [0.15, 0.2) is 16.7 Å². The summed E-state index contributed by atoms with van der Waals surface area (Å²) in [6, 6.07) is 2.98. The van der Waals surface area contributed by atoms with E-state index in [1.165, 1.54) is 6.07 Å². The average Bonchev–Trinajstić information content (AvgIpc) is 2.21. The van der Waals surface area contributed by atoms with Crippen molar-refractivity contribution in [1.29, 1.82) is 0 Å². The monoisotopic (exact) mass is 272 g/mol. The van der Waals surface area contributed by atoms with Crippen LogP contribution in [0.25, 0.3) is 0 Å². The Balaban J connectivity index is 2.16. The predicted octanol–water partition coefficient (Wildman–Crippen LogP) is 2.50. The van der Waals surface area contributed by atoms with Gasteiger partial charge in [-0.15, -0.1) is 0 Å². The lowest BCUT2D eigenvalue weighted by molar-refractivity contribution is 0.0236. The highest BCUT2D eigenvalue weighted by atomic mass is 35.5. The molecule has 1 aromatic rings. The zero-order valence-electron chi connectivity index (χ0n) is 9.01. The van der Waals surface area contributed by atoms with Gasteiger partial charge in [0, 0.05) is 6.42 Å². The van der Waals surface area contributed by atoms with Gasteiger partial charge in [0.1, 0.15) is 5.75 Å². The minimum Gasteiger partial charge on any atom is -0.468 e. The fourth-order valence-electron chi connectivity index (χ4n) is 2.37. The number of hydrogen-bond donors (Lipinski definition) is 2. The van der Waals surface area contributed by atoms with E-state index in [-0.39, 0.29) is 11.1 Å². The third-order valence-electron chi connectivity index (χ3n) is 3.05. The molecule has 2 N–H and O–H groups in total. The lowest BCUT2D eigenvalue weighted by atomic mass is 9.91. The van der Waals surface area contributed by atoms with Crippen LogP contribution >= 0.6 is 23.8 Å². The molecule has 2 atom stereocenters. The normalized spacial score (nSPS) is 29.8. The molecule has 1 fully saturated rings. The standard InChI is InChI=1S/C11H10ClFN2OS/c1-11-4-6(14-10(17)15-11)8-7(16-11)3-2-5(12)9(8)13/h2-3,6H,4H2,1H3,(H2,14,15,17). The molecule has 1 saturated heterocycles. The molecule has 3 nitrogen and oxygen atoms in total. The molecule has 2 bridgehead atoms. The van der Waals surface area contributed by atoms with Gasteiger partial charge in [-0.25, -0.2) is 4.39 Å². The Morgan fingerprint density at radius 3 is 3.12 bits per heavy atom. The van der Waals surface area contributed by atoms with Crippen molar-refractivity contribution in [2.45, 2.75) is 25.1 Å². The molecular formula is C11H10ClFN2OS. The Morgan fingerprint density at radius 2 is 2.35 bits per heavy atom. The zero-order valence-corrected chi connectivity index (χ0v) is 10.6. The summed E-state index contributed by atoms with van der Waals surface area (Å²) in [5.41, 5.74) is -0.126. The number of hydrogen-bond acceptors (Lipinski definition) is 2. The van der Waals surface area contributed by atoms with E-state index < -0.39 is 11.5 Å². The molecule has 6 heteroatoms. The van der Waals surface area contributed by atoms with E-state index >= 15 is 0 Å². The quantitative estimate of drug-likeness (QED) is 0.711. The van der Waals surface area contributed by atoms with Crippen LogP contribution in [-0.2, 0) is 0 Å². The topological polar surface area (TPSA) is 33.3 Å². The Labute approximate surface area is 108 Å². The zero-order chi connectivity index (χ0) is 12.2. The summed E-state index contributed by atoms with van der Waals surface area (Å²) >= 11 is 10.9. The Kier molecular flexibility index (Phi) is 2.25. The molecule has 0 amide bonds. The minimum absolute atomic E-state index is 0.0993. The predicted molar refractivity (Wildman–Crippen MR) is 66.7 cm³/mol. The molecular weight excluding hydrogens is 263 g/mol. The van der Waals surface area contributed by atoms with Crippen molar-refractivity contribution in [2.24, 2.45) is 0 Å². The van der Waals surface area contributed by atoms with Crippen LogP contribution in [0, 0.1) is 5.82 Å². The van der Waals surface area contributed by atoms with Gasteiger partial charge in [-0.2, -0.15) is 0 Å². The van der Waals surface area contributed by atoms with Crippen molar-refractivity contribution >= 4 is 28.9 Å². The van der Waals surface area contributed by atoms with Crippen molar-refractivity contribution in [3.05, 3.63) is 28.5 Å². The van der Waals surface area contributed by atoms with Crippen LogP contribution in [0.2, 0.25) is 5.02 Å². The first-order chi connectivity index (χ1) is 7.98. The number of ether oxygens (including phenoxy) is 1. The summed E-state index contributed by atoms with van der Waals surface area (Å²) < 4.78 is 19.8. The summed E-state index contributed by atoms with van der Waals surface area (Å²) in [6.07, 6.45) is 0.595. The van der Waals surface area contributed by atoms with E-state index in [0.717, 1.165) is 0 Å². The molecule has 0 spiro atoms. The largest absolute Gasteiger partial charge is 0.468 e. The highest BCUT2D eigenvalue weighted by Gasteiger charge is 2.43. The van der Waals surface area contributed by atoms with E-state index in [9.17, 15) is 4.39 Å². The number of rotatable bonds is 0. The minimum atomic E-state index is -0.583. The fourth-order valence-corrected chi connectivity index (χ4v) is 2.90. The van der Waals surface area contributed by atoms with Gasteiger partial charge in [0.05, 0.1) is 16.6 Å². The third kappa shape index (κ3) is 1.65. The van der Waals surface area contributed by atoms with Crippen LogP contribution in [0.4, 0.5) is 4.39 Å². The van der Waals surface area contributed by atoms with Gasteiger partial charge < -0.3 is 15.4 Å². The highest BCUT2D eigenvalue weighted by Crippen LogP contribution is 2.43. The second kappa shape index (κ2) is 3.46. The lowest BCUT2D eigenvalue weighted by Crippen LogP contribution is -2.62. The van der Waals surface area contributed by atoms with Crippen LogP contribution in [0.1, 0.15) is 24.9 Å². The van der Waals surface area contributed by atoms with Crippen LogP contribution in [0.15, 0.2) is 12.1 Å². The second-order valence-corrected chi connectivity index (χ2v) is 5.28. The van der Waals surface area contributed by atoms with Gasteiger partial charge >= 0.3 is 0 Å². The van der Waals surface area contributed by atoms with Crippen LogP contribution in [-0.4, -0.2) is 10.8 Å². The maximum absolute atomic E-state index is 14.0. The van der Waals surface area contributed by atoms with E-state index in [2.05, 4.69) is 10.6 Å². The summed E-state index contributed by atoms with van der Waals surface area (Å²) in [7, 11) is 0. The maximum Gasteiger partial charge on any atom is 0.181 e. The van der Waals surface area contributed by atoms with Gasteiger partial charge in [0.2, 0.25) is 0 Å². The van der Waals surface area contributed by atoms with Gasteiger partial charge in [-0.1, -0.05) is 11.6 Å². The number of thiocarbonyl (C=S) groups is 1. The second-order valence-electron chi connectivity index (χ2n) is 4.46. The number of benzene rings is 1. The first kappa shape index (κ1) is 11.0. The molecule has 17 heavy (non-hydrogen) atoms. The van der Waals surface area contributed by atoms with Crippen molar-refractivity contribution in [1.82, 2.24) is 10.6 Å². The van der Waals surface area contributed by atoms with Gasteiger partial charge in [0.25, 0.3) is 0 Å². The van der Waals surface area contributed by atoms with E-state index in [1.54, 1.807) is 6.07 Å². The van der Waals surface area contributed by atoms with Crippen LogP contribution in [0.5, 0.6) is 5.75 Å². The highest BCUT2D eigenvalue weighted by molar-refractivity contribution is 7.80. The van der Waals surface area contributed by atoms with Crippen molar-refractivity contribution < 1.29 is 9.13 Å². The van der Waals surface area contributed by atoms with Crippen molar-refractivity contribution in [2.75, 3.05) is 0 Å². The Morgan fingerprint density at radius 1 is 1.59 bits per heavy atom. The molecule has 90 valence electrons. The summed E-state index contributed by atoms with van der Waals surface area (Å²) in [6.45, 7) is 1.89. The summed E-state index contributed by atoms with van der Waals surface area (Å²) in [5.74, 6) is 0.0709. The first-order valence-corrected chi connectivity index (χ1v) is 6.03. The van der Waals surface area contributed by atoms with Crippen LogP contribution < -0.4 is 15.4 Å². The molecule has 0 radical (unpaired) electrons. The molecule has 2 unspecified atom stereocenters.